The van der Waals surface area contributed by atoms with Crippen molar-refractivity contribution >= 4 is 17.7 Å². The molecular formula is C21H21FN2O6. The Kier molecular flexibility index (Phi) is 6.95. The van der Waals surface area contributed by atoms with Crippen LogP contribution in [0.1, 0.15) is 28.8 Å². The minimum Gasteiger partial charge on any atom is -0.456 e. The molecule has 1 aliphatic rings. The summed E-state index contributed by atoms with van der Waals surface area (Å²) in [5.74, 6) is -0.766. The third kappa shape index (κ3) is 5.53. The SMILES string of the molecule is O=C(O[C@@H]1CCCN(C(=O)OCc2ccccc2)C[C@@H]1F)c1ccc([N+](=O)[O-])cc1. The van der Waals surface area contributed by atoms with Gasteiger partial charge in [0.05, 0.1) is 17.0 Å². The van der Waals surface area contributed by atoms with Gasteiger partial charge in [0.15, 0.2) is 6.17 Å². The minimum absolute atomic E-state index is 0.0890. The van der Waals surface area contributed by atoms with Gasteiger partial charge in [0.25, 0.3) is 5.69 Å². The molecule has 0 N–H and O–H groups in total. The fraction of sp³-hybridized carbons (Fsp3) is 0.333. The number of rotatable bonds is 5. The fourth-order valence-electron chi connectivity index (χ4n) is 3.12. The molecule has 2 atom stereocenters. The zero-order chi connectivity index (χ0) is 21.5. The molecule has 0 radical (unpaired) electrons. The second-order valence-electron chi connectivity index (χ2n) is 6.89. The molecule has 1 fully saturated rings. The molecule has 2 aromatic carbocycles. The number of likely N-dealkylation sites (tertiary alicyclic amines) is 1. The molecule has 1 amide bonds. The summed E-state index contributed by atoms with van der Waals surface area (Å²) < 4.78 is 25.2. The lowest BCUT2D eigenvalue weighted by atomic mass is 10.1. The van der Waals surface area contributed by atoms with Gasteiger partial charge in [0.2, 0.25) is 0 Å². The number of carbonyl (C=O) groups is 2. The highest BCUT2D eigenvalue weighted by Crippen LogP contribution is 2.21. The quantitative estimate of drug-likeness (QED) is 0.417. The van der Waals surface area contributed by atoms with Crippen molar-refractivity contribution in [1.82, 2.24) is 4.90 Å². The number of hydrogen-bond donors (Lipinski definition) is 0. The van der Waals surface area contributed by atoms with Crippen molar-refractivity contribution in [2.24, 2.45) is 0 Å². The van der Waals surface area contributed by atoms with Crippen molar-refractivity contribution in [2.75, 3.05) is 13.1 Å². The Morgan fingerprint density at radius 1 is 1.13 bits per heavy atom. The van der Waals surface area contributed by atoms with Crippen LogP contribution in [-0.4, -0.2) is 47.3 Å². The summed E-state index contributed by atoms with van der Waals surface area (Å²) in [5.41, 5.74) is 0.762. The van der Waals surface area contributed by atoms with E-state index in [1.54, 1.807) is 0 Å². The van der Waals surface area contributed by atoms with E-state index in [1.807, 2.05) is 30.3 Å². The van der Waals surface area contributed by atoms with E-state index in [0.29, 0.717) is 13.0 Å². The molecule has 0 spiro atoms. The number of halogens is 1. The number of nitro benzene ring substituents is 1. The van der Waals surface area contributed by atoms with Crippen LogP contribution in [0, 0.1) is 10.1 Å². The molecule has 0 saturated carbocycles. The lowest BCUT2D eigenvalue weighted by Gasteiger charge is -2.23. The van der Waals surface area contributed by atoms with Crippen LogP contribution in [0.15, 0.2) is 54.6 Å². The third-order valence-corrected chi connectivity index (χ3v) is 4.75. The third-order valence-electron chi connectivity index (χ3n) is 4.75. The van der Waals surface area contributed by atoms with Crippen molar-refractivity contribution in [2.45, 2.75) is 31.7 Å². The van der Waals surface area contributed by atoms with Gasteiger partial charge in [-0.1, -0.05) is 30.3 Å². The van der Waals surface area contributed by atoms with Crippen molar-refractivity contribution in [3.05, 3.63) is 75.8 Å². The van der Waals surface area contributed by atoms with Gasteiger partial charge in [0.1, 0.15) is 12.7 Å². The number of esters is 1. The van der Waals surface area contributed by atoms with Crippen LogP contribution in [0.2, 0.25) is 0 Å². The second-order valence-corrected chi connectivity index (χ2v) is 6.89. The molecular weight excluding hydrogens is 395 g/mol. The lowest BCUT2D eigenvalue weighted by molar-refractivity contribution is -0.384. The van der Waals surface area contributed by atoms with Gasteiger partial charge in [-0.25, -0.2) is 14.0 Å². The second kappa shape index (κ2) is 9.82. The molecule has 0 unspecified atom stereocenters. The predicted molar refractivity (Wildman–Crippen MR) is 105 cm³/mol. The van der Waals surface area contributed by atoms with E-state index in [2.05, 4.69) is 0 Å². The molecule has 0 aliphatic carbocycles. The summed E-state index contributed by atoms with van der Waals surface area (Å²) in [6, 6.07) is 14.0. The Hall–Kier alpha value is -3.49. The largest absolute Gasteiger partial charge is 0.456 e. The van der Waals surface area contributed by atoms with Crippen LogP contribution in [-0.2, 0) is 16.1 Å². The van der Waals surface area contributed by atoms with Crippen LogP contribution in [0.25, 0.3) is 0 Å². The maximum absolute atomic E-state index is 14.7. The molecule has 3 rings (SSSR count). The van der Waals surface area contributed by atoms with Crippen LogP contribution < -0.4 is 0 Å². The van der Waals surface area contributed by atoms with E-state index >= 15 is 0 Å². The molecule has 9 heteroatoms. The molecule has 1 aliphatic heterocycles. The average molecular weight is 416 g/mol. The smallest absolute Gasteiger partial charge is 0.410 e. The van der Waals surface area contributed by atoms with Gasteiger partial charge >= 0.3 is 12.1 Å². The summed E-state index contributed by atoms with van der Waals surface area (Å²) >= 11 is 0. The first kappa shape index (κ1) is 21.2. The number of ether oxygens (including phenoxy) is 2. The molecule has 158 valence electrons. The van der Waals surface area contributed by atoms with Crippen molar-refractivity contribution in [3.8, 4) is 0 Å². The van der Waals surface area contributed by atoms with Gasteiger partial charge in [-0.15, -0.1) is 0 Å². The zero-order valence-electron chi connectivity index (χ0n) is 16.1. The van der Waals surface area contributed by atoms with Gasteiger partial charge in [0, 0.05) is 18.7 Å². The van der Waals surface area contributed by atoms with Crippen LogP contribution in [0.5, 0.6) is 0 Å². The fourth-order valence-corrected chi connectivity index (χ4v) is 3.12. The summed E-state index contributed by atoms with van der Waals surface area (Å²) in [4.78, 5) is 35.9. The van der Waals surface area contributed by atoms with Crippen LogP contribution >= 0.6 is 0 Å². The first-order valence-corrected chi connectivity index (χ1v) is 9.49. The summed E-state index contributed by atoms with van der Waals surface area (Å²) in [6.45, 7) is 0.136. The number of amides is 1. The molecule has 1 heterocycles. The Morgan fingerprint density at radius 3 is 2.50 bits per heavy atom. The lowest BCUT2D eigenvalue weighted by Crippen LogP contribution is -2.39. The zero-order valence-corrected chi connectivity index (χ0v) is 16.1. The molecule has 1 saturated heterocycles. The van der Waals surface area contributed by atoms with E-state index in [1.165, 1.54) is 29.2 Å². The molecule has 0 bridgehead atoms. The number of alkyl halides is 1. The number of nitrogens with zero attached hydrogens (tertiary/aromatic N) is 2. The molecule has 8 nitrogen and oxygen atoms in total. The number of nitro groups is 1. The van der Waals surface area contributed by atoms with E-state index in [-0.39, 0.29) is 30.8 Å². The highest BCUT2D eigenvalue weighted by Gasteiger charge is 2.32. The Balaban J connectivity index is 1.54. The predicted octanol–water partition coefficient (Wildman–Crippen LogP) is 3.89. The highest BCUT2D eigenvalue weighted by molar-refractivity contribution is 5.89. The van der Waals surface area contributed by atoms with Gasteiger partial charge < -0.3 is 14.4 Å². The number of non-ortho nitro benzene ring substituents is 1. The average Bonchev–Trinajstić information content (AvgIpc) is 2.94. The van der Waals surface area contributed by atoms with Crippen molar-refractivity contribution in [1.29, 1.82) is 0 Å². The molecule has 0 aromatic heterocycles. The van der Waals surface area contributed by atoms with E-state index < -0.39 is 29.3 Å². The Bertz CT molecular complexity index is 890. The van der Waals surface area contributed by atoms with Crippen LogP contribution in [0.3, 0.4) is 0 Å². The standard InChI is InChI=1S/C21H21FN2O6/c22-18-13-23(21(26)29-14-15-5-2-1-3-6-15)12-4-7-19(18)30-20(25)16-8-10-17(11-9-16)24(27)28/h1-3,5-6,8-11,18-19H,4,7,12-14H2/t18-,19+/m0/s1. The minimum atomic E-state index is -1.57. The molecule has 2 aromatic rings. The Labute approximate surface area is 172 Å². The molecule has 30 heavy (non-hydrogen) atoms. The summed E-state index contributed by atoms with van der Waals surface area (Å²) in [7, 11) is 0. The maximum atomic E-state index is 14.7. The van der Waals surface area contributed by atoms with Crippen LogP contribution in [0.4, 0.5) is 14.9 Å². The maximum Gasteiger partial charge on any atom is 0.410 e. The first-order valence-electron chi connectivity index (χ1n) is 9.49. The Morgan fingerprint density at radius 2 is 1.83 bits per heavy atom. The number of carbonyl (C=O) groups excluding carboxylic acids is 2. The normalized spacial score (nSPS) is 18.9. The van der Waals surface area contributed by atoms with Gasteiger partial charge in [-0.05, 0) is 30.5 Å². The number of benzene rings is 2. The summed E-state index contributed by atoms with van der Waals surface area (Å²) in [5, 5.41) is 10.7. The monoisotopic (exact) mass is 416 g/mol. The van der Waals surface area contributed by atoms with E-state index in [4.69, 9.17) is 9.47 Å². The van der Waals surface area contributed by atoms with Crippen molar-refractivity contribution < 1.29 is 28.4 Å². The van der Waals surface area contributed by atoms with Crippen molar-refractivity contribution in [3.63, 3.8) is 0 Å². The number of hydrogen-bond acceptors (Lipinski definition) is 6. The first-order chi connectivity index (χ1) is 14.4. The van der Waals surface area contributed by atoms with E-state index in [9.17, 15) is 24.1 Å². The van der Waals surface area contributed by atoms with Gasteiger partial charge in [-0.3, -0.25) is 10.1 Å². The van der Waals surface area contributed by atoms with E-state index in [0.717, 1.165) is 5.56 Å². The highest BCUT2D eigenvalue weighted by atomic mass is 19.1. The van der Waals surface area contributed by atoms with Gasteiger partial charge in [-0.2, -0.15) is 0 Å². The summed E-state index contributed by atoms with van der Waals surface area (Å²) in [6.07, 6.45) is -2.51. The topological polar surface area (TPSA) is 99.0 Å².